The van der Waals surface area contributed by atoms with Crippen molar-refractivity contribution in [3.8, 4) is 5.75 Å². The van der Waals surface area contributed by atoms with E-state index in [1.807, 2.05) is 37.3 Å². The van der Waals surface area contributed by atoms with Crippen LogP contribution in [0.2, 0.25) is 0 Å². The second kappa shape index (κ2) is 5.55. The van der Waals surface area contributed by atoms with Gasteiger partial charge in [-0.2, -0.15) is 0 Å². The molecule has 3 heteroatoms. The standard InChI is InChI=1S/C17H15NOS/c1-12-18-15(14-8-4-6-10-17(14)20-12)11-13-7-3-5-9-16(13)19-2/h3-11H,1-2H3/b15-11-. The Balaban J connectivity index is 2.12. The van der Waals surface area contributed by atoms with Crippen LogP contribution in [0, 0.1) is 0 Å². The number of hydrogen-bond acceptors (Lipinski definition) is 3. The van der Waals surface area contributed by atoms with E-state index in [0.29, 0.717) is 0 Å². The second-order valence-electron chi connectivity index (χ2n) is 4.50. The van der Waals surface area contributed by atoms with Gasteiger partial charge in [0.15, 0.2) is 0 Å². The maximum absolute atomic E-state index is 5.40. The van der Waals surface area contributed by atoms with Crippen molar-refractivity contribution in [2.45, 2.75) is 11.8 Å². The molecule has 0 amide bonds. The van der Waals surface area contributed by atoms with Crippen molar-refractivity contribution in [2.24, 2.45) is 4.99 Å². The maximum atomic E-state index is 5.40. The van der Waals surface area contributed by atoms with Crippen molar-refractivity contribution in [1.29, 1.82) is 0 Å². The Bertz CT molecular complexity index is 704. The molecule has 0 saturated heterocycles. The predicted octanol–water partition coefficient (Wildman–Crippen LogP) is 4.72. The van der Waals surface area contributed by atoms with E-state index in [9.17, 15) is 0 Å². The van der Waals surface area contributed by atoms with Crippen molar-refractivity contribution < 1.29 is 4.74 Å². The Morgan fingerprint density at radius 1 is 1.05 bits per heavy atom. The van der Waals surface area contributed by atoms with Crippen molar-refractivity contribution in [1.82, 2.24) is 0 Å². The third-order valence-corrected chi connectivity index (χ3v) is 4.09. The first kappa shape index (κ1) is 13.0. The van der Waals surface area contributed by atoms with Gasteiger partial charge in [0.1, 0.15) is 5.75 Å². The van der Waals surface area contributed by atoms with Gasteiger partial charge >= 0.3 is 0 Å². The van der Waals surface area contributed by atoms with Crippen LogP contribution >= 0.6 is 11.8 Å². The average Bonchev–Trinajstić information content (AvgIpc) is 2.47. The fraction of sp³-hybridized carbons (Fsp3) is 0.118. The number of hydrogen-bond donors (Lipinski definition) is 0. The SMILES string of the molecule is COc1ccccc1/C=C1\N=C(C)Sc2ccccc21. The van der Waals surface area contributed by atoms with Gasteiger partial charge in [-0.1, -0.05) is 48.2 Å². The molecule has 2 aromatic rings. The predicted molar refractivity (Wildman–Crippen MR) is 86.3 cm³/mol. The summed E-state index contributed by atoms with van der Waals surface area (Å²) in [4.78, 5) is 5.93. The van der Waals surface area contributed by atoms with Gasteiger partial charge in [-0.3, -0.25) is 0 Å². The third-order valence-electron chi connectivity index (χ3n) is 3.13. The molecule has 2 aromatic carbocycles. The Morgan fingerprint density at radius 3 is 2.65 bits per heavy atom. The number of ether oxygens (including phenoxy) is 1. The summed E-state index contributed by atoms with van der Waals surface area (Å²) in [5.74, 6) is 0.864. The van der Waals surface area contributed by atoms with Crippen molar-refractivity contribution >= 4 is 28.6 Å². The van der Waals surface area contributed by atoms with E-state index in [1.54, 1.807) is 18.9 Å². The highest BCUT2D eigenvalue weighted by Crippen LogP contribution is 2.37. The van der Waals surface area contributed by atoms with Crippen LogP contribution in [-0.2, 0) is 0 Å². The number of methoxy groups -OCH3 is 1. The number of nitrogens with zero attached hydrogens (tertiary/aromatic N) is 1. The molecule has 0 atom stereocenters. The lowest BCUT2D eigenvalue weighted by atomic mass is 10.1. The van der Waals surface area contributed by atoms with Crippen LogP contribution in [0.1, 0.15) is 18.1 Å². The minimum Gasteiger partial charge on any atom is -0.496 e. The Morgan fingerprint density at radius 2 is 1.80 bits per heavy atom. The zero-order valence-corrected chi connectivity index (χ0v) is 12.3. The lowest BCUT2D eigenvalue weighted by Crippen LogP contribution is -1.97. The molecular formula is C17H15NOS. The molecule has 3 rings (SSSR count). The van der Waals surface area contributed by atoms with Crippen LogP contribution in [0.3, 0.4) is 0 Å². The zero-order valence-electron chi connectivity index (χ0n) is 11.5. The topological polar surface area (TPSA) is 21.6 Å². The van der Waals surface area contributed by atoms with Gasteiger partial charge in [-0.25, -0.2) is 4.99 Å². The molecule has 1 aliphatic rings. The summed E-state index contributed by atoms with van der Waals surface area (Å²) in [5, 5.41) is 1.06. The minimum absolute atomic E-state index is 0.864. The smallest absolute Gasteiger partial charge is 0.126 e. The number of rotatable bonds is 2. The summed E-state index contributed by atoms with van der Waals surface area (Å²) in [7, 11) is 1.69. The average molecular weight is 281 g/mol. The van der Waals surface area contributed by atoms with E-state index < -0.39 is 0 Å². The molecule has 0 unspecified atom stereocenters. The van der Waals surface area contributed by atoms with Crippen LogP contribution in [0.25, 0.3) is 11.8 Å². The maximum Gasteiger partial charge on any atom is 0.126 e. The quantitative estimate of drug-likeness (QED) is 0.794. The number of benzene rings is 2. The fourth-order valence-corrected chi connectivity index (χ4v) is 3.11. The Kier molecular flexibility index (Phi) is 3.61. The normalized spacial score (nSPS) is 15.7. The number of fused-ring (bicyclic) bond motifs is 1. The molecule has 0 aliphatic carbocycles. The second-order valence-corrected chi connectivity index (χ2v) is 5.74. The van der Waals surface area contributed by atoms with E-state index >= 15 is 0 Å². The summed E-state index contributed by atoms with van der Waals surface area (Å²) in [6.07, 6.45) is 2.08. The molecule has 0 fully saturated rings. The molecule has 1 aliphatic heterocycles. The van der Waals surface area contributed by atoms with Crippen molar-refractivity contribution in [3.63, 3.8) is 0 Å². The minimum atomic E-state index is 0.864. The first-order valence-corrected chi connectivity index (χ1v) is 7.27. The van der Waals surface area contributed by atoms with Gasteiger partial charge in [0.05, 0.1) is 17.9 Å². The number of thioether (sulfide) groups is 1. The summed E-state index contributed by atoms with van der Waals surface area (Å²) in [6, 6.07) is 16.3. The van der Waals surface area contributed by atoms with E-state index in [1.165, 1.54) is 10.5 Å². The zero-order chi connectivity index (χ0) is 13.9. The monoisotopic (exact) mass is 281 g/mol. The first-order valence-electron chi connectivity index (χ1n) is 6.45. The molecule has 0 radical (unpaired) electrons. The third kappa shape index (κ3) is 2.49. The van der Waals surface area contributed by atoms with Crippen molar-refractivity contribution in [3.05, 3.63) is 59.7 Å². The summed E-state index contributed by atoms with van der Waals surface area (Å²) >= 11 is 1.71. The summed E-state index contributed by atoms with van der Waals surface area (Å²) in [5.41, 5.74) is 3.21. The Labute approximate surface area is 123 Å². The molecule has 20 heavy (non-hydrogen) atoms. The van der Waals surface area contributed by atoms with E-state index in [2.05, 4.69) is 29.3 Å². The molecule has 0 spiro atoms. The van der Waals surface area contributed by atoms with Crippen molar-refractivity contribution in [2.75, 3.05) is 7.11 Å². The van der Waals surface area contributed by atoms with Gasteiger partial charge in [-0.05, 0) is 25.1 Å². The Hall–Kier alpha value is -2.00. The lowest BCUT2D eigenvalue weighted by molar-refractivity contribution is 0.414. The van der Waals surface area contributed by atoms with Crippen LogP contribution in [0.4, 0.5) is 0 Å². The molecule has 0 N–H and O–H groups in total. The molecule has 1 heterocycles. The summed E-state index contributed by atoms with van der Waals surface area (Å²) in [6.45, 7) is 2.04. The van der Waals surface area contributed by atoms with E-state index in [0.717, 1.165) is 22.1 Å². The van der Waals surface area contributed by atoms with Crippen LogP contribution in [-0.4, -0.2) is 12.2 Å². The number of para-hydroxylation sites is 1. The van der Waals surface area contributed by atoms with Gasteiger partial charge in [0, 0.05) is 16.0 Å². The van der Waals surface area contributed by atoms with Gasteiger partial charge in [0.25, 0.3) is 0 Å². The molecule has 2 nitrogen and oxygen atoms in total. The van der Waals surface area contributed by atoms with Gasteiger partial charge < -0.3 is 4.74 Å². The highest BCUT2D eigenvalue weighted by molar-refractivity contribution is 8.14. The fourth-order valence-electron chi connectivity index (χ4n) is 2.22. The van der Waals surface area contributed by atoms with E-state index in [-0.39, 0.29) is 0 Å². The van der Waals surface area contributed by atoms with Crippen LogP contribution in [0.5, 0.6) is 5.75 Å². The van der Waals surface area contributed by atoms with Gasteiger partial charge in [0.2, 0.25) is 0 Å². The highest BCUT2D eigenvalue weighted by Gasteiger charge is 2.14. The van der Waals surface area contributed by atoms with Crippen LogP contribution in [0.15, 0.2) is 58.4 Å². The molecular weight excluding hydrogens is 266 g/mol. The summed E-state index contributed by atoms with van der Waals surface area (Å²) < 4.78 is 5.40. The number of aliphatic imine (C=N–C) groups is 1. The molecule has 0 bridgehead atoms. The highest BCUT2D eigenvalue weighted by atomic mass is 32.2. The first-order chi connectivity index (χ1) is 9.78. The molecule has 0 saturated carbocycles. The molecule has 0 aromatic heterocycles. The molecule has 100 valence electrons. The lowest BCUT2D eigenvalue weighted by Gasteiger charge is -2.16. The largest absolute Gasteiger partial charge is 0.496 e. The van der Waals surface area contributed by atoms with Gasteiger partial charge in [-0.15, -0.1) is 0 Å². The van der Waals surface area contributed by atoms with Crippen LogP contribution < -0.4 is 4.74 Å². The van der Waals surface area contributed by atoms with E-state index in [4.69, 9.17) is 4.74 Å².